The fraction of sp³-hybridized carbons (Fsp3) is 0.136. The predicted molar refractivity (Wildman–Crippen MR) is 127 cm³/mol. The Bertz CT molecular complexity index is 1170. The molecular weight excluding hydrogens is 516 g/mol. The van der Waals surface area contributed by atoms with Crippen molar-refractivity contribution >= 4 is 50.9 Å². The first-order valence-electron chi connectivity index (χ1n) is 9.58. The molecule has 1 N–H and O–H groups in total. The summed E-state index contributed by atoms with van der Waals surface area (Å²) in [6, 6.07) is 18.2. The number of benzene rings is 2. The van der Waals surface area contributed by atoms with Crippen molar-refractivity contribution in [2.24, 2.45) is 0 Å². The van der Waals surface area contributed by atoms with Gasteiger partial charge in [0.25, 0.3) is 0 Å². The van der Waals surface area contributed by atoms with Crippen LogP contribution >= 0.6 is 39.3 Å². The van der Waals surface area contributed by atoms with Crippen LogP contribution in [-0.4, -0.2) is 26.4 Å². The first-order chi connectivity index (χ1) is 15.6. The SMILES string of the molecule is O=C(CSc1nnc(COc2ccc(Cl)cc2)n1Cc1ccco1)Nc1ccc(Br)cc1. The van der Waals surface area contributed by atoms with E-state index in [-0.39, 0.29) is 18.3 Å². The molecule has 0 bridgehead atoms. The van der Waals surface area contributed by atoms with Crippen LogP contribution in [0.3, 0.4) is 0 Å². The summed E-state index contributed by atoms with van der Waals surface area (Å²) in [5, 5.41) is 12.6. The first kappa shape index (κ1) is 22.4. The number of aromatic nitrogens is 3. The molecule has 0 spiro atoms. The van der Waals surface area contributed by atoms with Gasteiger partial charge in [-0.05, 0) is 60.7 Å². The highest BCUT2D eigenvalue weighted by molar-refractivity contribution is 9.10. The zero-order valence-electron chi connectivity index (χ0n) is 16.7. The van der Waals surface area contributed by atoms with Crippen molar-refractivity contribution in [3.63, 3.8) is 0 Å². The summed E-state index contributed by atoms with van der Waals surface area (Å²) in [5.41, 5.74) is 0.730. The summed E-state index contributed by atoms with van der Waals surface area (Å²) >= 11 is 10.6. The number of nitrogens with zero attached hydrogens (tertiary/aromatic N) is 3. The van der Waals surface area contributed by atoms with Crippen LogP contribution in [-0.2, 0) is 17.9 Å². The monoisotopic (exact) mass is 532 g/mol. The Hall–Kier alpha value is -2.75. The highest BCUT2D eigenvalue weighted by Crippen LogP contribution is 2.22. The number of hydrogen-bond acceptors (Lipinski definition) is 6. The van der Waals surface area contributed by atoms with E-state index in [1.165, 1.54) is 11.8 Å². The van der Waals surface area contributed by atoms with Gasteiger partial charge in [-0.1, -0.05) is 39.3 Å². The Morgan fingerprint density at radius 1 is 1.12 bits per heavy atom. The number of carbonyl (C=O) groups is 1. The maximum atomic E-state index is 12.4. The minimum atomic E-state index is -0.135. The van der Waals surface area contributed by atoms with Crippen molar-refractivity contribution < 1.29 is 13.9 Å². The van der Waals surface area contributed by atoms with Gasteiger partial charge in [0.2, 0.25) is 5.91 Å². The lowest BCUT2D eigenvalue weighted by molar-refractivity contribution is -0.113. The number of carbonyl (C=O) groups excluding carboxylic acids is 1. The highest BCUT2D eigenvalue weighted by Gasteiger charge is 2.16. The van der Waals surface area contributed by atoms with E-state index in [0.29, 0.717) is 28.3 Å². The van der Waals surface area contributed by atoms with E-state index in [4.69, 9.17) is 20.8 Å². The highest BCUT2D eigenvalue weighted by atomic mass is 79.9. The molecule has 2 aromatic carbocycles. The van der Waals surface area contributed by atoms with E-state index in [0.717, 1.165) is 15.9 Å². The van der Waals surface area contributed by atoms with Gasteiger partial charge in [0, 0.05) is 15.2 Å². The second-order valence-corrected chi connectivity index (χ2v) is 8.95. The Kier molecular flexibility index (Phi) is 7.51. The second kappa shape index (κ2) is 10.7. The molecule has 0 aliphatic heterocycles. The zero-order chi connectivity index (χ0) is 22.3. The molecule has 164 valence electrons. The maximum absolute atomic E-state index is 12.4. The number of anilines is 1. The third kappa shape index (κ3) is 6.15. The number of thioether (sulfide) groups is 1. The van der Waals surface area contributed by atoms with Crippen LogP contribution in [0.25, 0.3) is 0 Å². The van der Waals surface area contributed by atoms with Gasteiger partial charge in [-0.15, -0.1) is 10.2 Å². The Morgan fingerprint density at radius 2 is 1.91 bits per heavy atom. The topological polar surface area (TPSA) is 82.2 Å². The van der Waals surface area contributed by atoms with Crippen LogP contribution in [0.1, 0.15) is 11.6 Å². The predicted octanol–water partition coefficient (Wildman–Crippen LogP) is 5.65. The zero-order valence-corrected chi connectivity index (χ0v) is 19.9. The standard InChI is InChI=1S/C22H18BrClN4O3S/c23-15-3-7-17(8-4-15)25-21(29)14-32-22-27-26-20(28(22)12-19-2-1-11-30-19)13-31-18-9-5-16(24)6-10-18/h1-11H,12-14H2,(H,25,29). The lowest BCUT2D eigenvalue weighted by atomic mass is 10.3. The van der Waals surface area contributed by atoms with E-state index in [2.05, 4.69) is 31.4 Å². The van der Waals surface area contributed by atoms with E-state index in [9.17, 15) is 4.79 Å². The molecular formula is C22H18BrClN4O3S. The van der Waals surface area contributed by atoms with Crippen molar-refractivity contribution in [1.29, 1.82) is 0 Å². The molecule has 0 atom stereocenters. The molecule has 0 saturated heterocycles. The van der Waals surface area contributed by atoms with Crippen LogP contribution in [0.15, 0.2) is 81.0 Å². The minimum Gasteiger partial charge on any atom is -0.486 e. The van der Waals surface area contributed by atoms with Gasteiger partial charge in [0.15, 0.2) is 11.0 Å². The molecule has 0 saturated carbocycles. The van der Waals surface area contributed by atoms with Gasteiger partial charge in [0.05, 0.1) is 18.6 Å². The second-order valence-electron chi connectivity index (χ2n) is 6.65. The largest absolute Gasteiger partial charge is 0.486 e. The van der Waals surface area contributed by atoms with Crippen molar-refractivity contribution in [3.05, 3.63) is 88.0 Å². The molecule has 2 aromatic heterocycles. The molecule has 7 nitrogen and oxygen atoms in total. The van der Waals surface area contributed by atoms with E-state index in [1.807, 2.05) is 41.0 Å². The number of ether oxygens (including phenoxy) is 1. The van der Waals surface area contributed by atoms with Crippen LogP contribution in [0.2, 0.25) is 5.02 Å². The van der Waals surface area contributed by atoms with Crippen molar-refractivity contribution in [2.45, 2.75) is 18.3 Å². The minimum absolute atomic E-state index is 0.135. The number of amides is 1. The Labute approximate surface area is 202 Å². The Morgan fingerprint density at radius 3 is 2.62 bits per heavy atom. The van der Waals surface area contributed by atoms with Crippen LogP contribution < -0.4 is 10.1 Å². The van der Waals surface area contributed by atoms with Gasteiger partial charge >= 0.3 is 0 Å². The quantitative estimate of drug-likeness (QED) is 0.280. The first-order valence-corrected chi connectivity index (χ1v) is 11.7. The Balaban J connectivity index is 1.43. The van der Waals surface area contributed by atoms with E-state index < -0.39 is 0 Å². The van der Waals surface area contributed by atoms with Gasteiger partial charge < -0.3 is 14.5 Å². The number of nitrogens with one attached hydrogen (secondary N) is 1. The molecule has 0 aliphatic rings. The summed E-state index contributed by atoms with van der Waals surface area (Å²) in [6.07, 6.45) is 1.61. The number of rotatable bonds is 9. The number of furan rings is 1. The average Bonchev–Trinajstić information content (AvgIpc) is 3.44. The van der Waals surface area contributed by atoms with E-state index >= 15 is 0 Å². The summed E-state index contributed by atoms with van der Waals surface area (Å²) < 4.78 is 14.1. The molecule has 1 amide bonds. The molecule has 32 heavy (non-hydrogen) atoms. The van der Waals surface area contributed by atoms with Crippen LogP contribution in [0.4, 0.5) is 5.69 Å². The normalized spacial score (nSPS) is 10.8. The number of halogens is 2. The van der Waals surface area contributed by atoms with Gasteiger partial charge in [-0.25, -0.2) is 0 Å². The lowest BCUT2D eigenvalue weighted by Crippen LogP contribution is -2.15. The smallest absolute Gasteiger partial charge is 0.234 e. The molecule has 2 heterocycles. The summed E-state index contributed by atoms with van der Waals surface area (Å²) in [6.45, 7) is 0.636. The van der Waals surface area contributed by atoms with Crippen LogP contribution in [0, 0.1) is 0 Å². The molecule has 0 fully saturated rings. The van der Waals surface area contributed by atoms with Gasteiger partial charge in [-0.2, -0.15) is 0 Å². The third-order valence-electron chi connectivity index (χ3n) is 4.33. The fourth-order valence-electron chi connectivity index (χ4n) is 2.79. The number of hydrogen-bond donors (Lipinski definition) is 1. The van der Waals surface area contributed by atoms with Crippen molar-refractivity contribution in [3.8, 4) is 5.75 Å². The molecule has 0 aliphatic carbocycles. The summed E-state index contributed by atoms with van der Waals surface area (Å²) in [4.78, 5) is 12.4. The van der Waals surface area contributed by atoms with Gasteiger partial charge in [0.1, 0.15) is 18.1 Å². The molecule has 4 aromatic rings. The van der Waals surface area contributed by atoms with Crippen molar-refractivity contribution in [2.75, 3.05) is 11.1 Å². The summed E-state index contributed by atoms with van der Waals surface area (Å²) in [7, 11) is 0. The van der Waals surface area contributed by atoms with E-state index in [1.54, 1.807) is 30.5 Å². The maximum Gasteiger partial charge on any atom is 0.234 e. The van der Waals surface area contributed by atoms with Crippen molar-refractivity contribution in [1.82, 2.24) is 14.8 Å². The lowest BCUT2D eigenvalue weighted by Gasteiger charge is -2.10. The van der Waals surface area contributed by atoms with Crippen LogP contribution in [0.5, 0.6) is 5.75 Å². The fourth-order valence-corrected chi connectivity index (χ4v) is 3.94. The molecule has 4 rings (SSSR count). The third-order valence-corrected chi connectivity index (χ3v) is 6.08. The molecule has 10 heteroatoms. The van der Waals surface area contributed by atoms with Gasteiger partial charge in [-0.3, -0.25) is 9.36 Å². The molecule has 0 radical (unpaired) electrons. The average molecular weight is 534 g/mol. The summed E-state index contributed by atoms with van der Waals surface area (Å²) in [5.74, 6) is 2.09. The molecule has 0 unspecified atom stereocenters.